The highest BCUT2D eigenvalue weighted by Crippen LogP contribution is 2.22. The van der Waals surface area contributed by atoms with Crippen molar-refractivity contribution in [1.29, 1.82) is 0 Å². The number of carbonyl (C=O) groups excluding carboxylic acids is 2. The molecule has 166 valence electrons. The molecule has 0 saturated carbocycles. The molecule has 1 atom stereocenters. The molecule has 0 aromatic heterocycles. The van der Waals surface area contributed by atoms with Crippen LogP contribution >= 0.6 is 11.6 Å². The van der Waals surface area contributed by atoms with E-state index in [1.807, 2.05) is 0 Å². The van der Waals surface area contributed by atoms with Gasteiger partial charge in [-0.25, -0.2) is 8.42 Å². The average Bonchev–Trinajstić information content (AvgIpc) is 2.69. The number of halogens is 1. The van der Waals surface area contributed by atoms with Gasteiger partial charge in [-0.1, -0.05) is 31.5 Å². The predicted molar refractivity (Wildman–Crippen MR) is 112 cm³/mol. The molecule has 31 heavy (non-hydrogen) atoms. The number of benzene rings is 2. The van der Waals surface area contributed by atoms with Crippen molar-refractivity contribution in [2.24, 2.45) is 11.7 Å². The Labute approximate surface area is 183 Å². The number of nitrogens with one attached hydrogen (secondary N) is 1. The zero-order chi connectivity index (χ0) is 23.3. The van der Waals surface area contributed by atoms with E-state index < -0.39 is 51.1 Å². The van der Waals surface area contributed by atoms with Gasteiger partial charge in [0.1, 0.15) is 12.6 Å². The van der Waals surface area contributed by atoms with Crippen LogP contribution in [-0.2, 0) is 26.2 Å². The van der Waals surface area contributed by atoms with Crippen molar-refractivity contribution in [2.45, 2.75) is 31.4 Å². The SMILES string of the molecule is CC(C)[C@H](NS(=O)(=O)c1cccc(Cl)c1)C(=O)OCc1ccc(C(N)=O)cc1[N+](=O)[O-]. The molecule has 0 radical (unpaired) electrons. The van der Waals surface area contributed by atoms with Crippen molar-refractivity contribution in [3.63, 3.8) is 0 Å². The molecule has 0 aliphatic carbocycles. The van der Waals surface area contributed by atoms with Crippen LogP contribution in [0.5, 0.6) is 0 Å². The fourth-order valence-electron chi connectivity index (χ4n) is 2.57. The number of ether oxygens (including phenoxy) is 1. The van der Waals surface area contributed by atoms with Crippen molar-refractivity contribution < 1.29 is 27.7 Å². The first-order valence-corrected chi connectivity index (χ1v) is 10.8. The highest BCUT2D eigenvalue weighted by Gasteiger charge is 2.30. The van der Waals surface area contributed by atoms with Crippen molar-refractivity contribution in [1.82, 2.24) is 4.72 Å². The maximum absolute atomic E-state index is 12.6. The summed E-state index contributed by atoms with van der Waals surface area (Å²) in [7, 11) is -4.09. The Morgan fingerprint density at radius 1 is 1.23 bits per heavy atom. The molecule has 0 saturated heterocycles. The first-order valence-electron chi connectivity index (χ1n) is 8.94. The first kappa shape index (κ1) is 24.3. The Bertz CT molecular complexity index is 1120. The van der Waals surface area contributed by atoms with E-state index in [1.165, 1.54) is 36.4 Å². The number of hydrogen-bond donors (Lipinski definition) is 2. The standard InChI is InChI=1S/C19H20ClN3O7S/c1-11(2)17(22-31(28,29)15-5-3-4-14(20)9-15)19(25)30-10-13-7-6-12(18(21)24)8-16(13)23(26)27/h3-9,11,17,22H,10H2,1-2H3,(H2,21,24)/t17-/m0/s1. The minimum atomic E-state index is -4.09. The number of nitro benzene ring substituents is 1. The van der Waals surface area contributed by atoms with Gasteiger partial charge < -0.3 is 10.5 Å². The van der Waals surface area contributed by atoms with E-state index in [9.17, 15) is 28.1 Å². The van der Waals surface area contributed by atoms with Gasteiger partial charge in [0, 0.05) is 16.7 Å². The van der Waals surface area contributed by atoms with Crippen molar-refractivity contribution in [3.8, 4) is 0 Å². The van der Waals surface area contributed by atoms with Gasteiger partial charge in [0.2, 0.25) is 15.9 Å². The number of hydrogen-bond acceptors (Lipinski definition) is 7. The maximum atomic E-state index is 12.6. The number of sulfonamides is 1. The molecule has 10 nitrogen and oxygen atoms in total. The number of nitrogens with zero attached hydrogens (tertiary/aromatic N) is 1. The summed E-state index contributed by atoms with van der Waals surface area (Å²) in [4.78, 5) is 34.2. The fourth-order valence-corrected chi connectivity index (χ4v) is 4.21. The molecule has 2 aromatic carbocycles. The summed E-state index contributed by atoms with van der Waals surface area (Å²) in [5, 5.41) is 11.5. The molecule has 0 unspecified atom stereocenters. The molecule has 2 aromatic rings. The number of carbonyl (C=O) groups is 2. The summed E-state index contributed by atoms with van der Waals surface area (Å²) in [6.45, 7) is 2.71. The van der Waals surface area contributed by atoms with E-state index in [2.05, 4.69) is 4.72 Å². The fraction of sp³-hybridized carbons (Fsp3) is 0.263. The van der Waals surface area contributed by atoms with Crippen LogP contribution in [-0.4, -0.2) is 31.3 Å². The lowest BCUT2D eigenvalue weighted by Gasteiger charge is -2.21. The third-order valence-electron chi connectivity index (χ3n) is 4.25. The molecule has 1 amide bonds. The second kappa shape index (κ2) is 9.86. The minimum Gasteiger partial charge on any atom is -0.459 e. The lowest BCUT2D eigenvalue weighted by molar-refractivity contribution is -0.385. The lowest BCUT2D eigenvalue weighted by atomic mass is 10.1. The molecular formula is C19H20ClN3O7S. The van der Waals surface area contributed by atoms with E-state index >= 15 is 0 Å². The van der Waals surface area contributed by atoms with Gasteiger partial charge in [0.25, 0.3) is 5.69 Å². The number of rotatable bonds is 9. The Morgan fingerprint density at radius 3 is 2.45 bits per heavy atom. The van der Waals surface area contributed by atoms with E-state index in [1.54, 1.807) is 13.8 Å². The second-order valence-electron chi connectivity index (χ2n) is 6.87. The van der Waals surface area contributed by atoms with Crippen molar-refractivity contribution in [2.75, 3.05) is 0 Å². The van der Waals surface area contributed by atoms with Gasteiger partial charge in [-0.05, 0) is 36.2 Å². The van der Waals surface area contributed by atoms with Crippen LogP contribution in [0, 0.1) is 16.0 Å². The molecule has 0 heterocycles. The second-order valence-corrected chi connectivity index (χ2v) is 9.02. The number of primary amides is 1. The summed E-state index contributed by atoms with van der Waals surface area (Å²) in [6.07, 6.45) is 0. The molecule has 3 N–H and O–H groups in total. The van der Waals surface area contributed by atoms with Crippen LogP contribution in [0.1, 0.15) is 29.8 Å². The Kier molecular flexibility index (Phi) is 7.71. The van der Waals surface area contributed by atoms with E-state index in [0.29, 0.717) is 0 Å². The highest BCUT2D eigenvalue weighted by atomic mass is 35.5. The Hall–Kier alpha value is -3.02. The largest absolute Gasteiger partial charge is 0.459 e. The molecule has 0 fully saturated rings. The molecule has 12 heteroatoms. The van der Waals surface area contributed by atoms with Crippen LogP contribution in [0.3, 0.4) is 0 Å². The highest BCUT2D eigenvalue weighted by molar-refractivity contribution is 7.89. The van der Waals surface area contributed by atoms with Crippen LogP contribution in [0.2, 0.25) is 5.02 Å². The number of esters is 1. The summed E-state index contributed by atoms with van der Waals surface area (Å²) in [5.41, 5.74) is 4.61. The third kappa shape index (κ3) is 6.23. The number of nitro groups is 1. The normalized spacial score (nSPS) is 12.4. The summed E-state index contributed by atoms with van der Waals surface area (Å²) < 4.78 is 32.6. The van der Waals surface area contributed by atoms with Crippen LogP contribution in [0.4, 0.5) is 5.69 Å². The minimum absolute atomic E-state index is 0.0172. The zero-order valence-corrected chi connectivity index (χ0v) is 18.1. The van der Waals surface area contributed by atoms with Crippen molar-refractivity contribution >= 4 is 39.2 Å². The molecule has 0 aliphatic rings. The quantitative estimate of drug-likeness (QED) is 0.324. The van der Waals surface area contributed by atoms with Crippen molar-refractivity contribution in [3.05, 3.63) is 68.7 Å². The summed E-state index contributed by atoms with van der Waals surface area (Å²) in [6, 6.07) is 7.74. The van der Waals surface area contributed by atoms with E-state index in [0.717, 1.165) is 6.07 Å². The topological polar surface area (TPSA) is 159 Å². The zero-order valence-electron chi connectivity index (χ0n) is 16.6. The summed E-state index contributed by atoms with van der Waals surface area (Å²) >= 11 is 5.83. The number of nitrogens with two attached hydrogens (primary N) is 1. The monoisotopic (exact) mass is 469 g/mol. The predicted octanol–water partition coefficient (Wildman–Crippen LogP) is 2.39. The molecule has 2 rings (SSSR count). The van der Waals surface area contributed by atoms with E-state index in [-0.39, 0.29) is 21.0 Å². The van der Waals surface area contributed by atoms with Gasteiger partial charge >= 0.3 is 5.97 Å². The Balaban J connectivity index is 2.20. The van der Waals surface area contributed by atoms with Gasteiger partial charge in [-0.15, -0.1) is 0 Å². The molecule has 0 spiro atoms. The third-order valence-corrected chi connectivity index (χ3v) is 5.92. The van der Waals surface area contributed by atoms with Crippen LogP contribution in [0.15, 0.2) is 47.4 Å². The smallest absolute Gasteiger partial charge is 0.324 e. The summed E-state index contributed by atoms with van der Waals surface area (Å²) in [5.74, 6) is -2.26. The number of amides is 1. The van der Waals surface area contributed by atoms with Gasteiger partial charge in [0.15, 0.2) is 0 Å². The van der Waals surface area contributed by atoms with Gasteiger partial charge in [0.05, 0.1) is 15.4 Å². The van der Waals surface area contributed by atoms with Gasteiger partial charge in [-0.3, -0.25) is 19.7 Å². The van der Waals surface area contributed by atoms with Crippen LogP contribution in [0.25, 0.3) is 0 Å². The molecular weight excluding hydrogens is 450 g/mol. The average molecular weight is 470 g/mol. The maximum Gasteiger partial charge on any atom is 0.324 e. The van der Waals surface area contributed by atoms with E-state index in [4.69, 9.17) is 22.1 Å². The molecule has 0 aliphatic heterocycles. The van der Waals surface area contributed by atoms with Gasteiger partial charge in [-0.2, -0.15) is 4.72 Å². The molecule has 0 bridgehead atoms. The first-order chi connectivity index (χ1) is 14.4. The van der Waals surface area contributed by atoms with Crippen LogP contribution < -0.4 is 10.5 Å². The lowest BCUT2D eigenvalue weighted by Crippen LogP contribution is -2.45. The Morgan fingerprint density at radius 2 is 1.90 bits per heavy atom.